The molecule has 0 radical (unpaired) electrons. The van der Waals surface area contributed by atoms with Gasteiger partial charge < -0.3 is 9.64 Å². The lowest BCUT2D eigenvalue weighted by molar-refractivity contribution is 0.00370. The molecule has 0 bridgehead atoms. The number of anilines is 1. The first-order valence-corrected chi connectivity index (χ1v) is 12.4. The number of aryl methyl sites for hydroxylation is 1. The molecule has 2 saturated heterocycles. The largest absolute Gasteiger partial charge is 0.376 e. The molecule has 0 aliphatic carbocycles. The maximum Gasteiger partial charge on any atom is 0.208 e. The number of nitrogens with zero attached hydrogens (tertiary/aromatic N) is 4. The molecule has 9 heteroatoms. The molecule has 30 heavy (non-hydrogen) atoms. The minimum atomic E-state index is -3.16. The van der Waals surface area contributed by atoms with Gasteiger partial charge in [-0.1, -0.05) is 18.2 Å². The standard InChI is InChI=1S/C21H31N5O3S/c1-16-10-17(25-14-21(2,15-25)13-22-30(3,27)28)7-8-19(16)20-12-26(24-23-20)11-18-6-4-5-9-29-18/h7-8,10,12,18,22H,4-6,9,11,13-15H2,1-3H3. The van der Waals surface area contributed by atoms with Crippen molar-refractivity contribution in [1.29, 1.82) is 0 Å². The number of nitrogens with one attached hydrogen (secondary N) is 1. The molecule has 1 unspecified atom stereocenters. The van der Waals surface area contributed by atoms with Gasteiger partial charge in [-0.15, -0.1) is 5.10 Å². The Balaban J connectivity index is 1.38. The topological polar surface area (TPSA) is 89.4 Å². The van der Waals surface area contributed by atoms with Gasteiger partial charge in [-0.2, -0.15) is 0 Å². The quantitative estimate of drug-likeness (QED) is 0.720. The first kappa shape index (κ1) is 21.3. The lowest BCUT2D eigenvalue weighted by Crippen LogP contribution is -2.59. The average Bonchev–Trinajstić information content (AvgIpc) is 3.12. The Bertz CT molecular complexity index is 992. The van der Waals surface area contributed by atoms with Gasteiger partial charge in [-0.25, -0.2) is 17.8 Å². The van der Waals surface area contributed by atoms with Crippen molar-refractivity contribution < 1.29 is 13.2 Å². The number of ether oxygens (including phenoxy) is 1. The normalized spacial score (nSPS) is 21.4. The maximum atomic E-state index is 11.4. The molecule has 164 valence electrons. The Morgan fingerprint density at radius 3 is 2.77 bits per heavy atom. The molecule has 1 N–H and O–H groups in total. The molecule has 2 fully saturated rings. The summed E-state index contributed by atoms with van der Waals surface area (Å²) >= 11 is 0. The van der Waals surface area contributed by atoms with Crippen molar-refractivity contribution in [2.24, 2.45) is 5.41 Å². The Kier molecular flexibility index (Phi) is 5.87. The molecule has 0 saturated carbocycles. The second-order valence-corrected chi connectivity index (χ2v) is 10.9. The van der Waals surface area contributed by atoms with Gasteiger partial charge in [0.2, 0.25) is 10.0 Å². The van der Waals surface area contributed by atoms with Gasteiger partial charge in [0.05, 0.1) is 25.1 Å². The van der Waals surface area contributed by atoms with E-state index in [-0.39, 0.29) is 11.5 Å². The fraction of sp³-hybridized carbons (Fsp3) is 0.619. The molecule has 4 rings (SSSR count). The second-order valence-electron chi connectivity index (χ2n) is 9.07. The average molecular weight is 434 g/mol. The summed E-state index contributed by atoms with van der Waals surface area (Å²) in [6.07, 6.45) is 6.87. The third-order valence-corrected chi connectivity index (χ3v) is 6.63. The Hall–Kier alpha value is -1.97. The molecule has 8 nitrogen and oxygen atoms in total. The van der Waals surface area contributed by atoms with Gasteiger partial charge in [0.15, 0.2) is 0 Å². The molecule has 0 amide bonds. The SMILES string of the molecule is Cc1cc(N2CC(C)(CNS(C)(=O)=O)C2)ccc1-c1cn(CC2CCCCO2)nn1. The summed E-state index contributed by atoms with van der Waals surface area (Å²) in [5.74, 6) is 0. The molecule has 1 aromatic heterocycles. The Morgan fingerprint density at radius 1 is 1.30 bits per heavy atom. The van der Waals surface area contributed by atoms with Crippen LogP contribution < -0.4 is 9.62 Å². The van der Waals surface area contributed by atoms with Gasteiger partial charge in [0.1, 0.15) is 5.69 Å². The fourth-order valence-corrected chi connectivity index (χ4v) is 4.89. The fourth-order valence-electron chi connectivity index (χ4n) is 4.28. The van der Waals surface area contributed by atoms with Gasteiger partial charge in [-0.05, 0) is 43.9 Å². The van der Waals surface area contributed by atoms with Crippen LogP contribution in [0.2, 0.25) is 0 Å². The smallest absolute Gasteiger partial charge is 0.208 e. The van der Waals surface area contributed by atoms with E-state index in [9.17, 15) is 8.42 Å². The van der Waals surface area contributed by atoms with E-state index in [0.29, 0.717) is 6.54 Å². The van der Waals surface area contributed by atoms with Crippen LogP contribution in [0.4, 0.5) is 5.69 Å². The molecule has 2 aliphatic heterocycles. The molecule has 0 spiro atoms. The van der Waals surface area contributed by atoms with Crippen LogP contribution in [-0.4, -0.2) is 62.0 Å². The van der Waals surface area contributed by atoms with Crippen LogP contribution in [0.25, 0.3) is 11.3 Å². The second kappa shape index (κ2) is 8.28. The highest BCUT2D eigenvalue weighted by atomic mass is 32.2. The third-order valence-electron chi connectivity index (χ3n) is 5.96. The van der Waals surface area contributed by atoms with Crippen LogP contribution >= 0.6 is 0 Å². The number of hydrogen-bond acceptors (Lipinski definition) is 6. The first-order chi connectivity index (χ1) is 14.2. The molecule has 1 aromatic carbocycles. The zero-order chi connectivity index (χ0) is 21.4. The number of aromatic nitrogens is 3. The highest BCUT2D eigenvalue weighted by Crippen LogP contribution is 2.35. The van der Waals surface area contributed by atoms with Gasteiger partial charge in [0.25, 0.3) is 0 Å². The molecule has 1 atom stereocenters. The predicted molar refractivity (Wildman–Crippen MR) is 117 cm³/mol. The third kappa shape index (κ3) is 5.01. The van der Waals surface area contributed by atoms with Gasteiger partial charge >= 0.3 is 0 Å². The summed E-state index contributed by atoms with van der Waals surface area (Å²) < 4.78 is 33.0. The summed E-state index contributed by atoms with van der Waals surface area (Å²) in [5.41, 5.74) is 4.21. The lowest BCUT2D eigenvalue weighted by Gasteiger charge is -2.49. The van der Waals surface area contributed by atoms with E-state index in [0.717, 1.165) is 61.6 Å². The van der Waals surface area contributed by atoms with Crippen molar-refractivity contribution >= 4 is 15.7 Å². The molecule has 3 heterocycles. The number of sulfonamides is 1. The molecule has 2 aliphatic rings. The zero-order valence-corrected chi connectivity index (χ0v) is 18.8. The number of rotatable bonds is 7. The van der Waals surface area contributed by atoms with Crippen molar-refractivity contribution in [2.45, 2.75) is 45.8 Å². The van der Waals surface area contributed by atoms with Crippen molar-refractivity contribution in [2.75, 3.05) is 37.4 Å². The van der Waals surface area contributed by atoms with Crippen LogP contribution in [0.5, 0.6) is 0 Å². The Morgan fingerprint density at radius 2 is 2.10 bits per heavy atom. The minimum Gasteiger partial charge on any atom is -0.376 e. The van der Waals surface area contributed by atoms with Gasteiger partial charge in [0, 0.05) is 42.9 Å². The Labute approximate surface area is 178 Å². The predicted octanol–water partition coefficient (Wildman–Crippen LogP) is 2.20. The van der Waals surface area contributed by atoms with E-state index >= 15 is 0 Å². The highest BCUT2D eigenvalue weighted by molar-refractivity contribution is 7.88. The number of benzene rings is 1. The summed E-state index contributed by atoms with van der Waals surface area (Å²) in [6.45, 7) is 7.90. The molecular weight excluding hydrogens is 402 g/mol. The van der Waals surface area contributed by atoms with E-state index in [2.05, 4.69) is 52.0 Å². The van der Waals surface area contributed by atoms with Crippen molar-refractivity contribution in [3.8, 4) is 11.3 Å². The summed E-state index contributed by atoms with van der Waals surface area (Å²) in [5, 5.41) is 8.66. The summed E-state index contributed by atoms with van der Waals surface area (Å²) in [6, 6.07) is 6.37. The van der Waals surface area contributed by atoms with Crippen molar-refractivity contribution in [3.05, 3.63) is 30.0 Å². The monoisotopic (exact) mass is 433 g/mol. The van der Waals surface area contributed by atoms with Crippen LogP contribution in [0.15, 0.2) is 24.4 Å². The van der Waals surface area contributed by atoms with Crippen LogP contribution in [0.3, 0.4) is 0 Å². The highest BCUT2D eigenvalue weighted by Gasteiger charge is 2.39. The van der Waals surface area contributed by atoms with Crippen LogP contribution in [0.1, 0.15) is 31.7 Å². The molecule has 2 aromatic rings. The van der Waals surface area contributed by atoms with E-state index in [1.54, 1.807) is 0 Å². The summed E-state index contributed by atoms with van der Waals surface area (Å²) in [7, 11) is -3.16. The van der Waals surface area contributed by atoms with Crippen molar-refractivity contribution in [1.82, 2.24) is 19.7 Å². The van der Waals surface area contributed by atoms with E-state index in [1.165, 1.54) is 12.7 Å². The minimum absolute atomic E-state index is 0.0421. The molecular formula is C21H31N5O3S. The van der Waals surface area contributed by atoms with E-state index in [1.807, 2.05) is 10.9 Å². The van der Waals surface area contributed by atoms with Crippen molar-refractivity contribution in [3.63, 3.8) is 0 Å². The van der Waals surface area contributed by atoms with Gasteiger partial charge in [-0.3, -0.25) is 0 Å². The lowest BCUT2D eigenvalue weighted by atomic mass is 9.81. The van der Waals surface area contributed by atoms with Crippen LogP contribution in [0, 0.1) is 12.3 Å². The first-order valence-electron chi connectivity index (χ1n) is 10.5. The van der Waals surface area contributed by atoms with Crippen LogP contribution in [-0.2, 0) is 21.3 Å². The zero-order valence-electron chi connectivity index (χ0n) is 18.0. The summed E-state index contributed by atoms with van der Waals surface area (Å²) in [4.78, 5) is 2.28. The van der Waals surface area contributed by atoms with E-state index in [4.69, 9.17) is 4.74 Å². The number of hydrogen-bond donors (Lipinski definition) is 1. The maximum absolute atomic E-state index is 11.4. The van der Waals surface area contributed by atoms with E-state index < -0.39 is 10.0 Å².